The Hall–Kier alpha value is -2.99. The Kier molecular flexibility index (Phi) is 8.84. The van der Waals surface area contributed by atoms with Crippen molar-refractivity contribution in [3.8, 4) is 5.75 Å². The Bertz CT molecular complexity index is 1570. The molecule has 0 atom stereocenters. The first kappa shape index (κ1) is 31.0. The second kappa shape index (κ2) is 11.7. The van der Waals surface area contributed by atoms with Gasteiger partial charge in [-0.1, -0.05) is 41.0 Å². The van der Waals surface area contributed by atoms with Gasteiger partial charge >= 0.3 is 11.5 Å². The lowest BCUT2D eigenvalue weighted by atomic mass is 10.1. The van der Waals surface area contributed by atoms with Gasteiger partial charge in [0.25, 0.3) is 11.5 Å². The highest BCUT2D eigenvalue weighted by Gasteiger charge is 2.34. The van der Waals surface area contributed by atoms with Crippen molar-refractivity contribution in [2.45, 2.75) is 54.6 Å². The molecule has 0 spiro atoms. The van der Waals surface area contributed by atoms with Crippen LogP contribution in [0.15, 0.2) is 51.0 Å². The van der Waals surface area contributed by atoms with Crippen LogP contribution < -0.4 is 15.6 Å². The molecule has 0 bridgehead atoms. The number of methoxy groups -OCH3 is 1. The Morgan fingerprint density at radius 2 is 1.68 bits per heavy atom. The maximum absolute atomic E-state index is 14.0. The highest BCUT2D eigenvalue weighted by molar-refractivity contribution is 7.99. The van der Waals surface area contributed by atoms with E-state index in [0.717, 1.165) is 17.8 Å². The van der Waals surface area contributed by atoms with Crippen LogP contribution in [0.1, 0.15) is 48.0 Å². The number of anilines is 1. The molecule has 3 aromatic rings. The molecular weight excluding hydrogens is 623 g/mol. The topological polar surface area (TPSA) is 101 Å². The van der Waals surface area contributed by atoms with E-state index in [1.54, 1.807) is 39.0 Å². The summed E-state index contributed by atoms with van der Waals surface area (Å²) in [7, 11) is 1.43. The largest absolute Gasteiger partial charge is 0.495 e. The number of pyridine rings is 1. The smallest absolute Gasteiger partial charge is 0.412 e. The van der Waals surface area contributed by atoms with Crippen molar-refractivity contribution in [2.24, 2.45) is 0 Å². The van der Waals surface area contributed by atoms with Crippen LogP contribution in [0.25, 0.3) is 0 Å². The summed E-state index contributed by atoms with van der Waals surface area (Å²) in [5.74, 6) is -0.391. The van der Waals surface area contributed by atoms with Crippen molar-refractivity contribution in [1.29, 1.82) is 0 Å². The summed E-state index contributed by atoms with van der Waals surface area (Å²) in [4.78, 5) is 42.7. The molecule has 218 valence electrons. The van der Waals surface area contributed by atoms with E-state index in [9.17, 15) is 23.2 Å². The number of fused-ring (bicyclic) bond motifs is 1. The number of nitrogens with zero attached hydrogens (tertiary/aromatic N) is 1. The van der Waals surface area contributed by atoms with E-state index < -0.39 is 34.2 Å². The molecule has 1 aliphatic rings. The van der Waals surface area contributed by atoms with Crippen molar-refractivity contribution < 1.29 is 27.8 Å². The summed E-state index contributed by atoms with van der Waals surface area (Å²) < 4.78 is 38.7. The van der Waals surface area contributed by atoms with E-state index in [2.05, 4.69) is 5.32 Å². The van der Waals surface area contributed by atoms with Crippen LogP contribution >= 0.6 is 46.6 Å². The Labute approximate surface area is 253 Å². The number of alkyl halides is 3. The average Bonchev–Trinajstić information content (AvgIpc) is 3.26. The minimum Gasteiger partial charge on any atom is -0.495 e. The second-order valence-corrected chi connectivity index (χ2v) is 12.4. The summed E-state index contributed by atoms with van der Waals surface area (Å²) >= 11 is 18.5. The lowest BCUT2D eigenvalue weighted by Crippen LogP contribution is -2.32. The molecule has 0 unspecified atom stereocenters. The highest BCUT2D eigenvalue weighted by Crippen LogP contribution is 2.42. The van der Waals surface area contributed by atoms with Crippen molar-refractivity contribution in [1.82, 2.24) is 9.88 Å². The van der Waals surface area contributed by atoms with Gasteiger partial charge in [0.15, 0.2) is 0 Å². The quantitative estimate of drug-likeness (QED) is 0.267. The molecule has 0 saturated carbocycles. The van der Waals surface area contributed by atoms with Crippen LogP contribution in [0.3, 0.4) is 0 Å². The molecule has 1 aromatic heterocycles. The number of amides is 2. The number of benzene rings is 2. The summed E-state index contributed by atoms with van der Waals surface area (Å²) in [5, 5.41) is -0.861. The molecular formula is C27H24Cl3F2N3O5S. The van der Waals surface area contributed by atoms with Crippen molar-refractivity contribution in [3.05, 3.63) is 79.2 Å². The zero-order valence-corrected chi connectivity index (χ0v) is 25.2. The predicted molar refractivity (Wildman–Crippen MR) is 154 cm³/mol. The fourth-order valence-corrected chi connectivity index (χ4v) is 5.81. The number of H-pyrrole nitrogens is 1. The van der Waals surface area contributed by atoms with Crippen LogP contribution in [-0.2, 0) is 23.2 Å². The number of carbonyl (C=O) groups excluding carboxylic acids is 2. The molecule has 0 saturated heterocycles. The lowest BCUT2D eigenvalue weighted by molar-refractivity contribution is 0.0634. The predicted octanol–water partition coefficient (Wildman–Crippen LogP) is 7.63. The first-order valence-electron chi connectivity index (χ1n) is 12.0. The number of ether oxygens (including phenoxy) is 2. The molecule has 14 heteroatoms. The average molecular weight is 647 g/mol. The van der Waals surface area contributed by atoms with E-state index in [1.165, 1.54) is 24.1 Å². The van der Waals surface area contributed by atoms with Gasteiger partial charge in [0.05, 0.1) is 22.8 Å². The normalized spacial score (nSPS) is 13.1. The number of rotatable bonds is 6. The van der Waals surface area contributed by atoms with Gasteiger partial charge in [0.2, 0.25) is 0 Å². The Morgan fingerprint density at radius 3 is 2.24 bits per heavy atom. The molecule has 4 rings (SSSR count). The minimum atomic E-state index is -3.90. The van der Waals surface area contributed by atoms with Gasteiger partial charge in [-0.2, -0.15) is 8.78 Å². The van der Waals surface area contributed by atoms with Gasteiger partial charge in [0, 0.05) is 22.9 Å². The molecule has 8 nitrogen and oxygen atoms in total. The third-order valence-electron chi connectivity index (χ3n) is 5.81. The van der Waals surface area contributed by atoms with Gasteiger partial charge in [-0.15, -0.1) is 0 Å². The first-order chi connectivity index (χ1) is 19.1. The molecule has 41 heavy (non-hydrogen) atoms. The number of hydrogen-bond donors (Lipinski definition) is 2. The van der Waals surface area contributed by atoms with Gasteiger partial charge in [-0.3, -0.25) is 14.9 Å². The molecule has 0 radical (unpaired) electrons. The third kappa shape index (κ3) is 7.09. The summed E-state index contributed by atoms with van der Waals surface area (Å²) in [6, 6.07) is 8.91. The molecule has 2 heterocycles. The summed E-state index contributed by atoms with van der Waals surface area (Å²) in [5.41, 5.74) is -1.36. The van der Waals surface area contributed by atoms with Crippen LogP contribution in [0.5, 0.6) is 5.75 Å². The number of hydrogen-bond acceptors (Lipinski definition) is 6. The fourth-order valence-electron chi connectivity index (χ4n) is 4.07. The summed E-state index contributed by atoms with van der Waals surface area (Å²) in [6.45, 7) is 5.33. The SMILES string of the molecule is COc1cc2c(cc1NC(=O)OC(C)(C)C)CN(C(=O)c1c(Sc3c(Cl)cccc3Cl)cc(C(F)(F)Cl)[nH]c1=O)C2. The zero-order chi connectivity index (χ0) is 30.3. The maximum Gasteiger partial charge on any atom is 0.412 e. The van der Waals surface area contributed by atoms with E-state index in [0.29, 0.717) is 22.6 Å². The van der Waals surface area contributed by atoms with Crippen molar-refractivity contribution in [3.63, 3.8) is 0 Å². The molecule has 0 aliphatic carbocycles. The monoisotopic (exact) mass is 645 g/mol. The number of aromatic nitrogens is 1. The first-order valence-corrected chi connectivity index (χ1v) is 14.0. The Morgan fingerprint density at radius 1 is 1.07 bits per heavy atom. The van der Waals surface area contributed by atoms with Gasteiger partial charge in [-0.05, 0) is 73.8 Å². The van der Waals surface area contributed by atoms with Crippen LogP contribution in [0.4, 0.5) is 19.3 Å². The molecule has 0 fully saturated rings. The maximum atomic E-state index is 14.0. The van der Waals surface area contributed by atoms with Crippen LogP contribution in [-0.4, -0.2) is 34.6 Å². The number of halogens is 5. The molecule has 1 aliphatic heterocycles. The van der Waals surface area contributed by atoms with Crippen molar-refractivity contribution >= 4 is 64.3 Å². The van der Waals surface area contributed by atoms with Crippen LogP contribution in [0, 0.1) is 0 Å². The standard InChI is InChI=1S/C27H24Cl3F2N3O5S/c1-26(2,3)40-25(38)33-17-8-13-11-35(12-14(13)9-18(17)39-4)24(37)21-19(10-20(27(30,31)32)34-23(21)36)41-22-15(28)6-5-7-16(22)29/h5-10H,11-12H2,1-4H3,(H,33,38)(H,34,36). The van der Waals surface area contributed by atoms with Crippen molar-refractivity contribution in [2.75, 3.05) is 12.4 Å². The second-order valence-electron chi connectivity index (χ2n) is 10.0. The number of nitrogens with one attached hydrogen (secondary N) is 2. The fraction of sp³-hybridized carbons (Fsp3) is 0.296. The highest BCUT2D eigenvalue weighted by atomic mass is 35.5. The Balaban J connectivity index is 1.69. The summed E-state index contributed by atoms with van der Waals surface area (Å²) in [6.07, 6.45) is -0.690. The van der Waals surface area contributed by atoms with Gasteiger partial charge in [-0.25, -0.2) is 4.79 Å². The number of aromatic amines is 1. The molecule has 2 amide bonds. The van der Waals surface area contributed by atoms with Gasteiger partial charge in [0.1, 0.15) is 22.6 Å². The molecule has 2 N–H and O–H groups in total. The van der Waals surface area contributed by atoms with E-state index in [1.807, 2.05) is 4.98 Å². The minimum absolute atomic E-state index is 0.0605. The van der Waals surface area contributed by atoms with E-state index >= 15 is 0 Å². The zero-order valence-electron chi connectivity index (χ0n) is 22.2. The third-order valence-corrected chi connectivity index (χ3v) is 8.06. The lowest BCUT2D eigenvalue weighted by Gasteiger charge is -2.20. The number of carbonyl (C=O) groups is 2. The molecule has 2 aromatic carbocycles. The van der Waals surface area contributed by atoms with E-state index in [4.69, 9.17) is 44.3 Å². The van der Waals surface area contributed by atoms with Gasteiger partial charge < -0.3 is 19.4 Å². The van der Waals surface area contributed by atoms with E-state index in [-0.39, 0.29) is 38.5 Å². The van der Waals surface area contributed by atoms with Crippen LogP contribution in [0.2, 0.25) is 10.0 Å².